The molecule has 2 nitrogen and oxygen atoms in total. The summed E-state index contributed by atoms with van der Waals surface area (Å²) in [7, 11) is 0. The maximum atomic E-state index is 12.6. The van der Waals surface area contributed by atoms with Gasteiger partial charge in [-0.1, -0.05) is 37.3 Å². The lowest BCUT2D eigenvalue weighted by molar-refractivity contribution is 0.0907. The molecule has 0 N–H and O–H groups in total. The largest absolute Gasteiger partial charge is 0.303 e. The van der Waals surface area contributed by atoms with Gasteiger partial charge in [0.15, 0.2) is 5.78 Å². The van der Waals surface area contributed by atoms with Crippen LogP contribution in [0.4, 0.5) is 0 Å². The third kappa shape index (κ3) is 3.42. The number of nitrogens with zero attached hydrogens (tertiary/aromatic N) is 1. The minimum Gasteiger partial charge on any atom is -0.303 e. The Balaban J connectivity index is 1.69. The second kappa shape index (κ2) is 6.54. The van der Waals surface area contributed by atoms with Gasteiger partial charge in [0.1, 0.15) is 0 Å². The van der Waals surface area contributed by atoms with Crippen molar-refractivity contribution in [3.05, 3.63) is 47.3 Å². The lowest BCUT2D eigenvalue weighted by Gasteiger charge is -2.18. The van der Waals surface area contributed by atoms with E-state index in [2.05, 4.69) is 30.0 Å². The molecule has 0 saturated carbocycles. The molecule has 0 radical (unpaired) electrons. The highest BCUT2D eigenvalue weighted by atomic mass is 32.1. The predicted molar refractivity (Wildman–Crippen MR) is 88.9 cm³/mol. The van der Waals surface area contributed by atoms with Gasteiger partial charge in [-0.2, -0.15) is 0 Å². The van der Waals surface area contributed by atoms with E-state index in [9.17, 15) is 4.79 Å². The second-order valence-corrected chi connectivity index (χ2v) is 6.89. The molecule has 1 fully saturated rings. The minimum absolute atomic E-state index is 0.0883. The zero-order valence-corrected chi connectivity index (χ0v) is 13.2. The summed E-state index contributed by atoms with van der Waals surface area (Å²) in [5, 5.41) is 0. The topological polar surface area (TPSA) is 20.3 Å². The van der Waals surface area contributed by atoms with E-state index in [0.717, 1.165) is 24.5 Å². The van der Waals surface area contributed by atoms with Crippen molar-refractivity contribution in [1.82, 2.24) is 4.90 Å². The smallest absolute Gasteiger partial charge is 0.176 e. The van der Waals surface area contributed by atoms with Gasteiger partial charge in [-0.05, 0) is 43.6 Å². The van der Waals surface area contributed by atoms with Crippen molar-refractivity contribution in [3.8, 4) is 10.4 Å². The van der Waals surface area contributed by atoms with E-state index in [4.69, 9.17) is 0 Å². The van der Waals surface area contributed by atoms with Crippen molar-refractivity contribution in [2.45, 2.75) is 19.8 Å². The maximum absolute atomic E-state index is 12.6. The van der Waals surface area contributed by atoms with Crippen LogP contribution >= 0.6 is 11.3 Å². The Labute approximate surface area is 130 Å². The standard InChI is InChI=1S/C18H21NOS/c1-14(13-19-11-5-6-12-19)18(20)17-10-9-16(21-17)15-7-3-2-4-8-15/h2-4,7-10,14H,5-6,11-13H2,1H3. The monoisotopic (exact) mass is 299 g/mol. The van der Waals surface area contributed by atoms with Crippen LogP contribution in [0.25, 0.3) is 10.4 Å². The summed E-state index contributed by atoms with van der Waals surface area (Å²) in [6.07, 6.45) is 2.55. The highest BCUT2D eigenvalue weighted by Crippen LogP contribution is 2.29. The number of likely N-dealkylation sites (tertiary alicyclic amines) is 1. The summed E-state index contributed by atoms with van der Waals surface area (Å²) in [6, 6.07) is 14.3. The lowest BCUT2D eigenvalue weighted by Crippen LogP contribution is -2.29. The van der Waals surface area contributed by atoms with Crippen molar-refractivity contribution < 1.29 is 4.79 Å². The third-order valence-electron chi connectivity index (χ3n) is 4.09. The Hall–Kier alpha value is -1.45. The van der Waals surface area contributed by atoms with Crippen LogP contribution in [-0.2, 0) is 0 Å². The summed E-state index contributed by atoms with van der Waals surface area (Å²) < 4.78 is 0. The van der Waals surface area contributed by atoms with Crippen LogP contribution in [0, 0.1) is 5.92 Å². The molecule has 1 unspecified atom stereocenters. The number of thiophene rings is 1. The van der Waals surface area contributed by atoms with Crippen LogP contribution in [0.15, 0.2) is 42.5 Å². The van der Waals surface area contributed by atoms with Crippen LogP contribution in [0.2, 0.25) is 0 Å². The third-order valence-corrected chi connectivity index (χ3v) is 5.23. The molecule has 0 spiro atoms. The van der Waals surface area contributed by atoms with Gasteiger partial charge < -0.3 is 4.90 Å². The molecule has 1 atom stereocenters. The molecule has 1 aliphatic heterocycles. The summed E-state index contributed by atoms with van der Waals surface area (Å²) in [6.45, 7) is 5.26. The van der Waals surface area contributed by atoms with Crippen LogP contribution in [0.3, 0.4) is 0 Å². The van der Waals surface area contributed by atoms with Crippen molar-refractivity contribution in [2.24, 2.45) is 5.92 Å². The van der Waals surface area contributed by atoms with Gasteiger partial charge in [-0.3, -0.25) is 4.79 Å². The van der Waals surface area contributed by atoms with E-state index in [1.54, 1.807) is 11.3 Å². The number of hydrogen-bond donors (Lipinski definition) is 0. The first-order chi connectivity index (χ1) is 10.2. The molecule has 0 amide bonds. The first-order valence-electron chi connectivity index (χ1n) is 7.66. The Morgan fingerprint density at radius 3 is 2.57 bits per heavy atom. The van der Waals surface area contributed by atoms with E-state index in [1.165, 1.54) is 23.3 Å². The zero-order chi connectivity index (χ0) is 14.7. The van der Waals surface area contributed by atoms with E-state index < -0.39 is 0 Å². The molecule has 21 heavy (non-hydrogen) atoms. The molecule has 1 aromatic heterocycles. The Kier molecular flexibility index (Phi) is 4.51. The molecule has 1 saturated heterocycles. The molecular formula is C18H21NOS. The molecule has 110 valence electrons. The first kappa shape index (κ1) is 14.5. The number of Topliss-reactive ketones (excluding diaryl/α,β-unsaturated/α-hetero) is 1. The molecule has 2 aromatic rings. The van der Waals surface area contributed by atoms with Crippen molar-refractivity contribution in [1.29, 1.82) is 0 Å². The number of hydrogen-bond acceptors (Lipinski definition) is 3. The van der Waals surface area contributed by atoms with E-state index in [1.807, 2.05) is 24.3 Å². The van der Waals surface area contributed by atoms with Crippen LogP contribution in [0.5, 0.6) is 0 Å². The second-order valence-electron chi connectivity index (χ2n) is 5.80. The quantitative estimate of drug-likeness (QED) is 0.766. The minimum atomic E-state index is 0.0883. The highest BCUT2D eigenvalue weighted by molar-refractivity contribution is 7.17. The van der Waals surface area contributed by atoms with Gasteiger partial charge in [0.25, 0.3) is 0 Å². The van der Waals surface area contributed by atoms with Gasteiger partial charge in [0, 0.05) is 17.3 Å². The summed E-state index contributed by atoms with van der Waals surface area (Å²) >= 11 is 1.61. The van der Waals surface area contributed by atoms with Crippen molar-refractivity contribution in [3.63, 3.8) is 0 Å². The van der Waals surface area contributed by atoms with Gasteiger partial charge in [-0.25, -0.2) is 0 Å². The summed E-state index contributed by atoms with van der Waals surface area (Å²) in [4.78, 5) is 17.0. The normalized spacial score (nSPS) is 17.0. The Morgan fingerprint density at radius 2 is 1.86 bits per heavy atom. The number of benzene rings is 1. The zero-order valence-electron chi connectivity index (χ0n) is 12.4. The first-order valence-corrected chi connectivity index (χ1v) is 8.47. The fourth-order valence-electron chi connectivity index (χ4n) is 2.91. The number of ketones is 1. The summed E-state index contributed by atoms with van der Waals surface area (Å²) in [5.74, 6) is 0.374. The van der Waals surface area contributed by atoms with Crippen molar-refractivity contribution in [2.75, 3.05) is 19.6 Å². The average Bonchev–Trinajstić information content (AvgIpc) is 3.18. The van der Waals surface area contributed by atoms with E-state index in [-0.39, 0.29) is 11.7 Å². The maximum Gasteiger partial charge on any atom is 0.176 e. The molecular weight excluding hydrogens is 278 g/mol. The van der Waals surface area contributed by atoms with E-state index in [0.29, 0.717) is 0 Å². The predicted octanol–water partition coefficient (Wildman–Crippen LogP) is 4.33. The fourth-order valence-corrected chi connectivity index (χ4v) is 3.97. The molecule has 2 heterocycles. The number of carbonyl (C=O) groups excluding carboxylic acids is 1. The SMILES string of the molecule is CC(CN1CCCC1)C(=O)c1ccc(-c2ccccc2)s1. The molecule has 3 rings (SSSR count). The number of carbonyl (C=O) groups is 1. The highest BCUT2D eigenvalue weighted by Gasteiger charge is 2.21. The van der Waals surface area contributed by atoms with Gasteiger partial charge in [0.2, 0.25) is 0 Å². The number of rotatable bonds is 5. The molecule has 1 aliphatic rings. The van der Waals surface area contributed by atoms with E-state index >= 15 is 0 Å². The van der Waals surface area contributed by atoms with Crippen LogP contribution in [-0.4, -0.2) is 30.3 Å². The summed E-state index contributed by atoms with van der Waals surface area (Å²) in [5.41, 5.74) is 1.19. The van der Waals surface area contributed by atoms with Crippen LogP contribution in [0.1, 0.15) is 29.4 Å². The van der Waals surface area contributed by atoms with Crippen molar-refractivity contribution >= 4 is 17.1 Å². The Bertz CT molecular complexity index is 599. The average molecular weight is 299 g/mol. The molecule has 1 aromatic carbocycles. The fraction of sp³-hybridized carbons (Fsp3) is 0.389. The van der Waals surface area contributed by atoms with Gasteiger partial charge in [-0.15, -0.1) is 11.3 Å². The van der Waals surface area contributed by atoms with Gasteiger partial charge >= 0.3 is 0 Å². The van der Waals surface area contributed by atoms with Crippen LogP contribution < -0.4 is 0 Å². The Morgan fingerprint density at radius 1 is 1.14 bits per heavy atom. The lowest BCUT2D eigenvalue weighted by atomic mass is 10.0. The van der Waals surface area contributed by atoms with Gasteiger partial charge in [0.05, 0.1) is 4.88 Å². The molecule has 0 aliphatic carbocycles. The molecule has 3 heteroatoms. The molecule has 0 bridgehead atoms.